The van der Waals surface area contributed by atoms with Crippen LogP contribution in [0.25, 0.3) is 77.5 Å². The quantitative estimate of drug-likeness (QED) is 0.194. The number of aromatic nitrogens is 4. The van der Waals surface area contributed by atoms with Crippen LogP contribution in [0.3, 0.4) is 0 Å². The van der Waals surface area contributed by atoms with Gasteiger partial charge < -0.3 is 14.5 Å². The van der Waals surface area contributed by atoms with Crippen molar-refractivity contribution in [1.82, 2.24) is 19.1 Å². The van der Waals surface area contributed by atoms with Crippen LogP contribution in [0.2, 0.25) is 0 Å². The van der Waals surface area contributed by atoms with Crippen LogP contribution in [0, 0.1) is 0 Å². The molecule has 0 radical (unpaired) electrons. The summed E-state index contributed by atoms with van der Waals surface area (Å²) in [6.07, 6.45) is 0. The Morgan fingerprint density at radius 3 is 1.65 bits per heavy atom. The molecule has 0 unspecified atom stereocenters. The summed E-state index contributed by atoms with van der Waals surface area (Å²) in [6.45, 7) is 0. The van der Waals surface area contributed by atoms with Gasteiger partial charge in [-0.2, -0.15) is 0 Å². The van der Waals surface area contributed by atoms with Crippen LogP contribution in [0.1, 0.15) is 0 Å². The van der Waals surface area contributed by atoms with Crippen LogP contribution < -0.4 is 5.32 Å². The minimum atomic E-state index is 0.729. The molecule has 4 heterocycles. The Morgan fingerprint density at radius 1 is 0.373 bits per heavy atom. The molecular weight excluding hydrogens is 623 g/mol. The third-order valence-corrected chi connectivity index (χ3v) is 9.70. The van der Waals surface area contributed by atoms with E-state index in [-0.39, 0.29) is 0 Å². The third kappa shape index (κ3) is 4.86. The van der Waals surface area contributed by atoms with Gasteiger partial charge in [-0.05, 0) is 60.7 Å². The zero-order valence-electron chi connectivity index (χ0n) is 27.6. The van der Waals surface area contributed by atoms with Crippen LogP contribution >= 0.6 is 0 Å². The minimum Gasteiger partial charge on any atom is -0.323 e. The summed E-state index contributed by atoms with van der Waals surface area (Å²) in [4.78, 5) is 10.4. The number of pyridine rings is 2. The zero-order chi connectivity index (χ0) is 33.7. The summed E-state index contributed by atoms with van der Waals surface area (Å²) in [7, 11) is 0. The van der Waals surface area contributed by atoms with Gasteiger partial charge in [0.05, 0.1) is 33.5 Å². The average molecular weight is 654 g/mol. The van der Waals surface area contributed by atoms with Crippen LogP contribution in [-0.4, -0.2) is 19.1 Å². The SMILES string of the molecule is c1ccc(-c2cccc(Nc3nc(-c4ccccc4)cc4c5cc6c7ccccc7n(-c7ccccc7)c6cc5n(-c5ccccc5)c34)n2)cc1. The second-order valence-electron chi connectivity index (χ2n) is 12.8. The number of anilines is 2. The van der Waals surface area contributed by atoms with Crippen molar-refractivity contribution >= 4 is 55.2 Å². The molecule has 0 fully saturated rings. The first-order valence-electron chi connectivity index (χ1n) is 17.2. The molecule has 10 aromatic rings. The molecule has 0 saturated carbocycles. The minimum absolute atomic E-state index is 0.729. The van der Waals surface area contributed by atoms with Gasteiger partial charge in [0.25, 0.3) is 0 Å². The summed E-state index contributed by atoms with van der Waals surface area (Å²) in [5, 5.41) is 8.39. The average Bonchev–Trinajstić information content (AvgIpc) is 3.70. The number of nitrogens with one attached hydrogen (secondary N) is 1. The van der Waals surface area contributed by atoms with E-state index in [0.29, 0.717) is 0 Å². The van der Waals surface area contributed by atoms with Gasteiger partial charge in [-0.1, -0.05) is 121 Å². The van der Waals surface area contributed by atoms with Gasteiger partial charge in [-0.3, -0.25) is 0 Å². The highest BCUT2D eigenvalue weighted by atomic mass is 15.1. The molecular formula is C46H31N5. The third-order valence-electron chi connectivity index (χ3n) is 9.70. The second-order valence-corrected chi connectivity index (χ2v) is 12.8. The molecule has 10 rings (SSSR count). The fraction of sp³-hybridized carbons (Fsp3) is 0. The molecule has 51 heavy (non-hydrogen) atoms. The van der Waals surface area contributed by atoms with E-state index < -0.39 is 0 Å². The van der Waals surface area contributed by atoms with E-state index in [9.17, 15) is 0 Å². The molecule has 0 aliphatic carbocycles. The van der Waals surface area contributed by atoms with Crippen molar-refractivity contribution in [1.29, 1.82) is 0 Å². The molecule has 0 amide bonds. The second kappa shape index (κ2) is 11.9. The summed E-state index contributed by atoms with van der Waals surface area (Å²) in [5.41, 5.74) is 10.5. The number of fused-ring (bicyclic) bond motifs is 6. The Kier molecular flexibility index (Phi) is 6.74. The fourth-order valence-electron chi connectivity index (χ4n) is 7.44. The summed E-state index contributed by atoms with van der Waals surface area (Å²) in [5.74, 6) is 1.47. The molecule has 0 atom stereocenters. The van der Waals surface area contributed by atoms with Crippen molar-refractivity contribution in [3.05, 3.63) is 182 Å². The number of nitrogens with zero attached hydrogens (tertiary/aromatic N) is 4. The monoisotopic (exact) mass is 653 g/mol. The van der Waals surface area contributed by atoms with E-state index in [1.165, 1.54) is 16.3 Å². The summed E-state index contributed by atoms with van der Waals surface area (Å²) < 4.78 is 4.73. The maximum Gasteiger partial charge on any atom is 0.157 e. The summed E-state index contributed by atoms with van der Waals surface area (Å²) >= 11 is 0. The van der Waals surface area contributed by atoms with Gasteiger partial charge in [0.1, 0.15) is 5.82 Å². The molecule has 0 aliphatic rings. The molecule has 240 valence electrons. The lowest BCUT2D eigenvalue weighted by atomic mass is 10.1. The Bertz CT molecular complexity index is 2860. The standard InChI is InChI=1S/C46H31N5/c1-5-16-31(17-6-1)39-25-15-27-44(47-39)49-46-45-38(29-40(48-46)32-18-7-2-8-19-32)37-28-36-35-24-13-14-26-41(35)50(33-20-9-3-10-21-33)42(36)30-43(37)51(45)34-22-11-4-12-23-34/h1-30H,(H,47,48,49). The number of hydrogen-bond acceptors (Lipinski definition) is 3. The number of para-hydroxylation sites is 3. The van der Waals surface area contributed by atoms with Gasteiger partial charge in [-0.25, -0.2) is 9.97 Å². The molecule has 1 N–H and O–H groups in total. The topological polar surface area (TPSA) is 47.7 Å². The van der Waals surface area contributed by atoms with E-state index >= 15 is 0 Å². The highest BCUT2D eigenvalue weighted by Gasteiger charge is 2.22. The Balaban J connectivity index is 1.31. The predicted molar refractivity (Wildman–Crippen MR) is 211 cm³/mol. The highest BCUT2D eigenvalue weighted by Crippen LogP contribution is 2.42. The maximum atomic E-state index is 5.35. The van der Waals surface area contributed by atoms with Crippen LogP contribution in [0.5, 0.6) is 0 Å². The van der Waals surface area contributed by atoms with E-state index in [1.807, 2.05) is 42.5 Å². The normalized spacial score (nSPS) is 11.5. The Labute approximate surface area is 294 Å². The largest absolute Gasteiger partial charge is 0.323 e. The Hall–Kier alpha value is -6.98. The molecule has 6 aromatic carbocycles. The van der Waals surface area contributed by atoms with Gasteiger partial charge in [0.2, 0.25) is 0 Å². The smallest absolute Gasteiger partial charge is 0.157 e. The van der Waals surface area contributed by atoms with Crippen LogP contribution in [0.4, 0.5) is 11.6 Å². The van der Waals surface area contributed by atoms with E-state index in [0.717, 1.165) is 72.8 Å². The van der Waals surface area contributed by atoms with Crippen LogP contribution in [-0.2, 0) is 0 Å². The first-order chi connectivity index (χ1) is 25.3. The molecule has 0 aliphatic heterocycles. The molecule has 0 bridgehead atoms. The van der Waals surface area contributed by atoms with Gasteiger partial charge >= 0.3 is 0 Å². The van der Waals surface area contributed by atoms with Crippen molar-refractivity contribution in [3.8, 4) is 33.9 Å². The molecule has 0 saturated heterocycles. The van der Waals surface area contributed by atoms with Gasteiger partial charge in [-0.15, -0.1) is 0 Å². The molecule has 5 nitrogen and oxygen atoms in total. The van der Waals surface area contributed by atoms with E-state index in [2.05, 4.69) is 154 Å². The van der Waals surface area contributed by atoms with E-state index in [4.69, 9.17) is 9.97 Å². The lowest BCUT2D eigenvalue weighted by Gasteiger charge is -2.14. The first kappa shape index (κ1) is 29.0. The molecule has 5 heteroatoms. The summed E-state index contributed by atoms with van der Waals surface area (Å²) in [6, 6.07) is 63.7. The zero-order valence-corrected chi connectivity index (χ0v) is 27.6. The van der Waals surface area contributed by atoms with Crippen molar-refractivity contribution in [2.24, 2.45) is 0 Å². The molecule has 4 aromatic heterocycles. The first-order valence-corrected chi connectivity index (χ1v) is 17.2. The van der Waals surface area contributed by atoms with Gasteiger partial charge in [0, 0.05) is 44.0 Å². The lowest BCUT2D eigenvalue weighted by Crippen LogP contribution is -2.02. The van der Waals surface area contributed by atoms with Crippen molar-refractivity contribution in [2.45, 2.75) is 0 Å². The highest BCUT2D eigenvalue weighted by molar-refractivity contribution is 6.21. The number of rotatable bonds is 6. The van der Waals surface area contributed by atoms with Gasteiger partial charge in [0.15, 0.2) is 5.82 Å². The predicted octanol–water partition coefficient (Wildman–Crippen LogP) is 11.7. The van der Waals surface area contributed by atoms with Crippen LogP contribution in [0.15, 0.2) is 182 Å². The van der Waals surface area contributed by atoms with Crippen molar-refractivity contribution in [2.75, 3.05) is 5.32 Å². The lowest BCUT2D eigenvalue weighted by molar-refractivity contribution is 1.15. The van der Waals surface area contributed by atoms with Crippen molar-refractivity contribution in [3.63, 3.8) is 0 Å². The number of hydrogen-bond donors (Lipinski definition) is 1. The number of benzene rings is 6. The Morgan fingerprint density at radius 2 is 0.941 bits per heavy atom. The van der Waals surface area contributed by atoms with E-state index in [1.54, 1.807) is 0 Å². The van der Waals surface area contributed by atoms with Crippen molar-refractivity contribution < 1.29 is 0 Å². The maximum absolute atomic E-state index is 5.35. The fourth-order valence-corrected chi connectivity index (χ4v) is 7.44. The molecule has 0 spiro atoms.